The summed E-state index contributed by atoms with van der Waals surface area (Å²) in [6, 6.07) is 17.8. The zero-order valence-corrected chi connectivity index (χ0v) is 18.9. The van der Waals surface area contributed by atoms with Gasteiger partial charge in [0, 0.05) is 48.9 Å². The van der Waals surface area contributed by atoms with Crippen LogP contribution >= 0.6 is 22.9 Å². The van der Waals surface area contributed by atoms with Crippen molar-refractivity contribution < 1.29 is 14.4 Å². The Balaban J connectivity index is 1.29. The summed E-state index contributed by atoms with van der Waals surface area (Å²) >= 11 is 7.38. The molecule has 0 bridgehead atoms. The van der Waals surface area contributed by atoms with Gasteiger partial charge in [-0.3, -0.25) is 14.4 Å². The minimum absolute atomic E-state index is 0.0611. The van der Waals surface area contributed by atoms with Crippen molar-refractivity contribution in [3.63, 3.8) is 0 Å². The molecule has 6 nitrogen and oxygen atoms in total. The lowest BCUT2D eigenvalue weighted by Crippen LogP contribution is -2.50. The fraction of sp³-hybridized carbons (Fsp3) is 0.208. The van der Waals surface area contributed by atoms with Crippen molar-refractivity contribution in [2.24, 2.45) is 0 Å². The van der Waals surface area contributed by atoms with Crippen LogP contribution in [0.25, 0.3) is 0 Å². The molecule has 0 atom stereocenters. The van der Waals surface area contributed by atoms with E-state index in [4.69, 9.17) is 11.6 Å². The summed E-state index contributed by atoms with van der Waals surface area (Å²) in [4.78, 5) is 41.7. The molecule has 4 rings (SSSR count). The van der Waals surface area contributed by atoms with Gasteiger partial charge in [0.1, 0.15) is 0 Å². The van der Waals surface area contributed by atoms with E-state index in [1.165, 1.54) is 11.3 Å². The van der Waals surface area contributed by atoms with Crippen LogP contribution in [0.1, 0.15) is 36.0 Å². The fourth-order valence-electron chi connectivity index (χ4n) is 3.54. The van der Waals surface area contributed by atoms with Crippen molar-refractivity contribution in [1.82, 2.24) is 15.1 Å². The highest BCUT2D eigenvalue weighted by molar-refractivity contribution is 7.12. The number of piperazine rings is 1. The molecule has 1 aliphatic rings. The molecule has 1 aromatic heterocycles. The maximum Gasteiger partial charge on any atom is 0.261 e. The van der Waals surface area contributed by atoms with Crippen LogP contribution in [0.4, 0.5) is 0 Å². The van der Waals surface area contributed by atoms with Gasteiger partial charge >= 0.3 is 0 Å². The van der Waals surface area contributed by atoms with Gasteiger partial charge in [-0.1, -0.05) is 35.9 Å². The van der Waals surface area contributed by atoms with Crippen molar-refractivity contribution in [3.8, 4) is 0 Å². The molecule has 2 heterocycles. The molecule has 8 heteroatoms. The SMILES string of the molecule is O=C(NCc1ccc(C(=O)N2CCN(C(=O)c3cccc(Cl)c3)CC2)cc1)c1cccs1. The summed E-state index contributed by atoms with van der Waals surface area (Å²) in [5.74, 6) is -0.243. The second kappa shape index (κ2) is 9.97. The molecular formula is C24H22ClN3O3S. The first-order chi connectivity index (χ1) is 15.5. The second-order valence-corrected chi connectivity index (χ2v) is 8.84. The highest BCUT2D eigenvalue weighted by Gasteiger charge is 2.25. The maximum absolute atomic E-state index is 12.9. The summed E-state index contributed by atoms with van der Waals surface area (Å²) in [6.07, 6.45) is 0. The molecule has 0 unspecified atom stereocenters. The van der Waals surface area contributed by atoms with Crippen LogP contribution in [0, 0.1) is 0 Å². The molecule has 32 heavy (non-hydrogen) atoms. The van der Waals surface area contributed by atoms with Crippen LogP contribution in [-0.4, -0.2) is 53.7 Å². The predicted molar refractivity (Wildman–Crippen MR) is 125 cm³/mol. The van der Waals surface area contributed by atoms with E-state index in [1.807, 2.05) is 23.6 Å². The Labute approximate surface area is 195 Å². The maximum atomic E-state index is 12.9. The number of carbonyl (C=O) groups excluding carboxylic acids is 3. The molecule has 1 aliphatic heterocycles. The van der Waals surface area contributed by atoms with E-state index < -0.39 is 0 Å². The number of amides is 3. The Hall–Kier alpha value is -3.16. The van der Waals surface area contributed by atoms with Gasteiger partial charge in [0.25, 0.3) is 17.7 Å². The van der Waals surface area contributed by atoms with Gasteiger partial charge in [-0.15, -0.1) is 11.3 Å². The largest absolute Gasteiger partial charge is 0.347 e. The first-order valence-corrected chi connectivity index (χ1v) is 11.5. The standard InChI is InChI=1S/C24H22ClN3O3S/c25-20-4-1-3-19(15-20)24(31)28-12-10-27(11-13-28)23(30)18-8-6-17(7-9-18)16-26-22(29)21-5-2-14-32-21/h1-9,14-15H,10-13,16H2,(H,26,29). The molecule has 164 valence electrons. The van der Waals surface area contributed by atoms with E-state index in [0.717, 1.165) is 5.56 Å². The summed E-state index contributed by atoms with van der Waals surface area (Å²) in [7, 11) is 0. The topological polar surface area (TPSA) is 69.7 Å². The zero-order valence-electron chi connectivity index (χ0n) is 17.3. The van der Waals surface area contributed by atoms with Crippen LogP contribution in [0.15, 0.2) is 66.0 Å². The van der Waals surface area contributed by atoms with Gasteiger partial charge in [-0.05, 0) is 47.3 Å². The highest BCUT2D eigenvalue weighted by atomic mass is 35.5. The average molecular weight is 468 g/mol. The van der Waals surface area contributed by atoms with E-state index >= 15 is 0 Å². The molecule has 0 spiro atoms. The fourth-order valence-corrected chi connectivity index (χ4v) is 4.37. The Kier molecular flexibility index (Phi) is 6.87. The molecule has 3 amide bonds. The summed E-state index contributed by atoms with van der Waals surface area (Å²) in [6.45, 7) is 2.30. The van der Waals surface area contributed by atoms with Gasteiger partial charge < -0.3 is 15.1 Å². The van der Waals surface area contributed by atoms with Crippen molar-refractivity contribution in [2.75, 3.05) is 26.2 Å². The average Bonchev–Trinajstić information content (AvgIpc) is 3.37. The van der Waals surface area contributed by atoms with Crippen LogP contribution in [0.2, 0.25) is 5.02 Å². The number of nitrogens with one attached hydrogen (secondary N) is 1. The number of carbonyl (C=O) groups is 3. The van der Waals surface area contributed by atoms with E-state index in [9.17, 15) is 14.4 Å². The number of thiophene rings is 1. The van der Waals surface area contributed by atoms with Crippen LogP contribution < -0.4 is 5.32 Å². The molecule has 1 N–H and O–H groups in total. The van der Waals surface area contributed by atoms with Gasteiger partial charge in [-0.25, -0.2) is 0 Å². The van der Waals surface area contributed by atoms with Crippen LogP contribution in [0.3, 0.4) is 0 Å². The number of benzene rings is 2. The molecule has 1 fully saturated rings. The number of nitrogens with zero attached hydrogens (tertiary/aromatic N) is 2. The van der Waals surface area contributed by atoms with Gasteiger partial charge in [0.15, 0.2) is 0 Å². The smallest absolute Gasteiger partial charge is 0.261 e. The number of halogens is 1. The van der Waals surface area contributed by atoms with Crippen LogP contribution in [-0.2, 0) is 6.54 Å². The van der Waals surface area contributed by atoms with Crippen LogP contribution in [0.5, 0.6) is 0 Å². The van der Waals surface area contributed by atoms with Gasteiger partial charge in [-0.2, -0.15) is 0 Å². The molecule has 2 aromatic carbocycles. The third kappa shape index (κ3) is 5.18. The lowest BCUT2D eigenvalue weighted by atomic mass is 10.1. The summed E-state index contributed by atoms with van der Waals surface area (Å²) in [5.41, 5.74) is 2.07. The Morgan fingerprint density at radius 3 is 2.09 bits per heavy atom. The normalized spacial score (nSPS) is 13.7. The Bertz CT molecular complexity index is 1110. The van der Waals surface area contributed by atoms with Crippen molar-refractivity contribution in [1.29, 1.82) is 0 Å². The second-order valence-electron chi connectivity index (χ2n) is 7.45. The lowest BCUT2D eigenvalue weighted by Gasteiger charge is -2.35. The van der Waals surface area contributed by atoms with Crippen molar-refractivity contribution >= 4 is 40.7 Å². The predicted octanol–water partition coefficient (Wildman–Crippen LogP) is 3.93. The summed E-state index contributed by atoms with van der Waals surface area (Å²) < 4.78 is 0. The molecule has 0 radical (unpaired) electrons. The molecular weight excluding hydrogens is 446 g/mol. The zero-order chi connectivity index (χ0) is 22.5. The minimum atomic E-state index is -0.106. The van der Waals surface area contributed by atoms with E-state index in [-0.39, 0.29) is 17.7 Å². The molecule has 1 saturated heterocycles. The summed E-state index contributed by atoms with van der Waals surface area (Å²) in [5, 5.41) is 5.27. The Morgan fingerprint density at radius 2 is 1.50 bits per heavy atom. The Morgan fingerprint density at radius 1 is 0.844 bits per heavy atom. The third-order valence-electron chi connectivity index (χ3n) is 5.32. The molecule has 0 aliphatic carbocycles. The molecule has 3 aromatic rings. The molecule has 0 saturated carbocycles. The van der Waals surface area contributed by atoms with Gasteiger partial charge in [0.05, 0.1) is 4.88 Å². The lowest BCUT2D eigenvalue weighted by molar-refractivity contribution is 0.0535. The monoisotopic (exact) mass is 467 g/mol. The van der Waals surface area contributed by atoms with E-state index in [0.29, 0.717) is 53.8 Å². The van der Waals surface area contributed by atoms with E-state index in [2.05, 4.69) is 5.32 Å². The minimum Gasteiger partial charge on any atom is -0.347 e. The number of hydrogen-bond donors (Lipinski definition) is 1. The van der Waals surface area contributed by atoms with E-state index in [1.54, 1.807) is 52.3 Å². The third-order valence-corrected chi connectivity index (χ3v) is 6.43. The first kappa shape index (κ1) is 22.0. The quantitative estimate of drug-likeness (QED) is 0.618. The van der Waals surface area contributed by atoms with Crippen molar-refractivity contribution in [3.05, 3.63) is 92.6 Å². The number of rotatable bonds is 5. The van der Waals surface area contributed by atoms with Gasteiger partial charge in [0.2, 0.25) is 0 Å². The first-order valence-electron chi connectivity index (χ1n) is 10.3. The highest BCUT2D eigenvalue weighted by Crippen LogP contribution is 2.16. The van der Waals surface area contributed by atoms with Crippen molar-refractivity contribution in [2.45, 2.75) is 6.54 Å². The number of hydrogen-bond acceptors (Lipinski definition) is 4.